The average molecular weight is 263 g/mol. The number of halogens is 1. The van der Waals surface area contributed by atoms with Crippen LogP contribution in [0.3, 0.4) is 0 Å². The zero-order valence-corrected chi connectivity index (χ0v) is 10.3. The van der Waals surface area contributed by atoms with Crippen molar-refractivity contribution in [2.45, 2.75) is 6.10 Å². The van der Waals surface area contributed by atoms with E-state index < -0.39 is 21.9 Å². The van der Waals surface area contributed by atoms with Crippen LogP contribution in [-0.2, 0) is 10.0 Å². The molecule has 2 N–H and O–H groups in total. The van der Waals surface area contributed by atoms with Crippen LogP contribution in [0.4, 0.5) is 4.39 Å². The minimum atomic E-state index is -3.38. The fraction of sp³-hybridized carbons (Fsp3) is 0.400. The predicted molar refractivity (Wildman–Crippen MR) is 60.8 cm³/mol. The summed E-state index contributed by atoms with van der Waals surface area (Å²) in [6.45, 7) is -0.204. The maximum Gasteiger partial charge on any atom is 0.208 e. The molecule has 5 nitrogen and oxygen atoms in total. The van der Waals surface area contributed by atoms with Gasteiger partial charge in [-0.15, -0.1) is 0 Å². The molecular weight excluding hydrogens is 249 g/mol. The molecule has 0 saturated heterocycles. The highest BCUT2D eigenvalue weighted by Gasteiger charge is 2.12. The van der Waals surface area contributed by atoms with Gasteiger partial charge in [0.25, 0.3) is 0 Å². The molecule has 96 valence electrons. The van der Waals surface area contributed by atoms with Gasteiger partial charge in [-0.05, 0) is 17.7 Å². The second-order valence-corrected chi connectivity index (χ2v) is 5.36. The minimum absolute atomic E-state index is 0.0667. The SMILES string of the molecule is COc1ccc(C(O)CNS(C)(=O)=O)cc1F. The van der Waals surface area contributed by atoms with Crippen LogP contribution in [-0.4, -0.2) is 33.4 Å². The summed E-state index contributed by atoms with van der Waals surface area (Å²) in [4.78, 5) is 0. The van der Waals surface area contributed by atoms with E-state index in [4.69, 9.17) is 4.74 Å². The summed E-state index contributed by atoms with van der Waals surface area (Å²) >= 11 is 0. The van der Waals surface area contributed by atoms with E-state index in [0.29, 0.717) is 0 Å². The van der Waals surface area contributed by atoms with Crippen molar-refractivity contribution in [2.24, 2.45) is 0 Å². The first kappa shape index (κ1) is 13.9. The number of methoxy groups -OCH3 is 1. The Morgan fingerprint density at radius 2 is 2.18 bits per heavy atom. The molecule has 0 aliphatic rings. The first-order valence-electron chi connectivity index (χ1n) is 4.79. The number of hydrogen-bond donors (Lipinski definition) is 2. The van der Waals surface area contributed by atoms with Crippen molar-refractivity contribution in [3.8, 4) is 5.75 Å². The fourth-order valence-corrected chi connectivity index (χ4v) is 1.70. The molecular formula is C10H14FNO4S. The average Bonchev–Trinajstić information content (AvgIpc) is 2.24. The van der Waals surface area contributed by atoms with Gasteiger partial charge >= 0.3 is 0 Å². The zero-order chi connectivity index (χ0) is 13.1. The molecule has 17 heavy (non-hydrogen) atoms. The second-order valence-electron chi connectivity index (χ2n) is 3.53. The molecule has 0 amide bonds. The van der Waals surface area contributed by atoms with Crippen molar-refractivity contribution in [1.82, 2.24) is 4.72 Å². The van der Waals surface area contributed by atoms with E-state index in [9.17, 15) is 17.9 Å². The maximum atomic E-state index is 13.3. The van der Waals surface area contributed by atoms with Crippen LogP contribution in [0.2, 0.25) is 0 Å². The number of rotatable bonds is 5. The summed E-state index contributed by atoms with van der Waals surface area (Å²) in [5.74, 6) is -0.541. The Labute approximate surface area is 99.3 Å². The van der Waals surface area contributed by atoms with Crippen LogP contribution in [0.5, 0.6) is 5.75 Å². The van der Waals surface area contributed by atoms with Crippen LogP contribution in [0.1, 0.15) is 11.7 Å². The molecule has 0 heterocycles. The van der Waals surface area contributed by atoms with Crippen LogP contribution < -0.4 is 9.46 Å². The monoisotopic (exact) mass is 263 g/mol. The van der Waals surface area contributed by atoms with Crippen molar-refractivity contribution in [3.63, 3.8) is 0 Å². The third-order valence-corrected chi connectivity index (χ3v) is 2.79. The lowest BCUT2D eigenvalue weighted by atomic mass is 10.1. The quantitative estimate of drug-likeness (QED) is 0.807. The third kappa shape index (κ3) is 4.29. The molecule has 7 heteroatoms. The number of hydrogen-bond acceptors (Lipinski definition) is 4. The van der Waals surface area contributed by atoms with Crippen LogP contribution in [0.25, 0.3) is 0 Å². The molecule has 1 rings (SSSR count). The highest BCUT2D eigenvalue weighted by atomic mass is 32.2. The van der Waals surface area contributed by atoms with Gasteiger partial charge in [-0.1, -0.05) is 6.07 Å². The molecule has 1 atom stereocenters. The van der Waals surface area contributed by atoms with E-state index >= 15 is 0 Å². The van der Waals surface area contributed by atoms with E-state index in [-0.39, 0.29) is 17.9 Å². The molecule has 0 aliphatic heterocycles. The number of aliphatic hydroxyl groups is 1. The standard InChI is InChI=1S/C10H14FNO4S/c1-16-10-4-3-7(5-8(10)11)9(13)6-12-17(2,14)15/h3-5,9,12-13H,6H2,1-2H3. The molecule has 0 spiro atoms. The molecule has 1 unspecified atom stereocenters. The fourth-order valence-electron chi connectivity index (χ4n) is 1.24. The summed E-state index contributed by atoms with van der Waals surface area (Å²) < 4.78 is 41.8. The molecule has 0 aliphatic carbocycles. The van der Waals surface area contributed by atoms with Gasteiger partial charge in [0.2, 0.25) is 10.0 Å². The molecule has 1 aromatic rings. The maximum absolute atomic E-state index is 13.3. The van der Waals surface area contributed by atoms with E-state index in [1.807, 2.05) is 0 Å². The Kier molecular flexibility index (Phi) is 4.44. The smallest absolute Gasteiger partial charge is 0.208 e. The molecule has 0 bridgehead atoms. The Morgan fingerprint density at radius 3 is 2.65 bits per heavy atom. The van der Waals surface area contributed by atoms with E-state index in [0.717, 1.165) is 12.3 Å². The van der Waals surface area contributed by atoms with Crippen LogP contribution in [0.15, 0.2) is 18.2 Å². The number of nitrogens with one attached hydrogen (secondary N) is 1. The lowest BCUT2D eigenvalue weighted by Crippen LogP contribution is -2.27. The Morgan fingerprint density at radius 1 is 1.53 bits per heavy atom. The summed E-state index contributed by atoms with van der Waals surface area (Å²) in [7, 11) is -2.05. The zero-order valence-electron chi connectivity index (χ0n) is 9.47. The molecule has 0 saturated carbocycles. The van der Waals surface area contributed by atoms with Crippen molar-refractivity contribution in [2.75, 3.05) is 19.9 Å². The minimum Gasteiger partial charge on any atom is -0.494 e. The van der Waals surface area contributed by atoms with Crippen molar-refractivity contribution in [3.05, 3.63) is 29.6 Å². The first-order valence-corrected chi connectivity index (χ1v) is 6.69. The Bertz CT molecular complexity index is 489. The van der Waals surface area contributed by atoms with Gasteiger partial charge in [-0.25, -0.2) is 17.5 Å². The highest BCUT2D eigenvalue weighted by Crippen LogP contribution is 2.21. The summed E-state index contributed by atoms with van der Waals surface area (Å²) in [6.07, 6.45) is -0.126. The van der Waals surface area contributed by atoms with Crippen LogP contribution in [0, 0.1) is 5.82 Å². The highest BCUT2D eigenvalue weighted by molar-refractivity contribution is 7.88. The summed E-state index contributed by atoms with van der Waals surface area (Å²) in [6, 6.07) is 3.94. The van der Waals surface area contributed by atoms with Crippen molar-refractivity contribution >= 4 is 10.0 Å². The molecule has 0 radical (unpaired) electrons. The number of aliphatic hydroxyl groups excluding tert-OH is 1. The Hall–Kier alpha value is -1.18. The first-order chi connectivity index (χ1) is 7.83. The molecule has 1 aromatic carbocycles. The van der Waals surface area contributed by atoms with Gasteiger partial charge in [0.05, 0.1) is 19.5 Å². The van der Waals surface area contributed by atoms with Gasteiger partial charge < -0.3 is 9.84 Å². The number of sulfonamides is 1. The molecule has 0 aromatic heterocycles. The van der Waals surface area contributed by atoms with E-state index in [2.05, 4.69) is 4.72 Å². The van der Waals surface area contributed by atoms with Gasteiger partial charge in [-0.2, -0.15) is 0 Å². The van der Waals surface area contributed by atoms with Crippen molar-refractivity contribution in [1.29, 1.82) is 0 Å². The summed E-state index contributed by atoms with van der Waals surface area (Å²) in [5.41, 5.74) is 0.277. The summed E-state index contributed by atoms with van der Waals surface area (Å²) in [5, 5.41) is 9.64. The van der Waals surface area contributed by atoms with Gasteiger partial charge in [0.15, 0.2) is 11.6 Å². The Balaban J connectivity index is 2.76. The topological polar surface area (TPSA) is 75.6 Å². The van der Waals surface area contributed by atoms with Crippen molar-refractivity contribution < 1.29 is 22.7 Å². The van der Waals surface area contributed by atoms with Crippen LogP contribution >= 0.6 is 0 Å². The largest absolute Gasteiger partial charge is 0.494 e. The van der Waals surface area contributed by atoms with E-state index in [1.165, 1.54) is 19.2 Å². The lowest BCUT2D eigenvalue weighted by molar-refractivity contribution is 0.181. The van der Waals surface area contributed by atoms with Gasteiger partial charge in [0.1, 0.15) is 0 Å². The van der Waals surface area contributed by atoms with Gasteiger partial charge in [0, 0.05) is 6.54 Å². The normalized spacial score (nSPS) is 13.4. The van der Waals surface area contributed by atoms with E-state index in [1.54, 1.807) is 0 Å². The van der Waals surface area contributed by atoms with Gasteiger partial charge in [-0.3, -0.25) is 0 Å². The molecule has 0 fully saturated rings. The number of ether oxygens (including phenoxy) is 1. The second kappa shape index (κ2) is 5.44. The number of benzene rings is 1. The predicted octanol–water partition coefficient (Wildman–Crippen LogP) is 0.417. The third-order valence-electron chi connectivity index (χ3n) is 2.10. The lowest BCUT2D eigenvalue weighted by Gasteiger charge is -2.12.